The lowest BCUT2D eigenvalue weighted by atomic mass is 9.81. The number of halogens is 9. The van der Waals surface area contributed by atoms with Crippen LogP contribution < -0.4 is 0 Å². The minimum atomic E-state index is -5.07. The van der Waals surface area contributed by atoms with Crippen molar-refractivity contribution < 1.29 is 53.7 Å². The topological polar surface area (TPSA) is 27.7 Å². The van der Waals surface area contributed by atoms with Crippen LogP contribution in [0.5, 0.6) is 0 Å². The van der Waals surface area contributed by atoms with E-state index in [4.69, 9.17) is 14.2 Å². The summed E-state index contributed by atoms with van der Waals surface area (Å²) in [7, 11) is 0. The van der Waals surface area contributed by atoms with Crippen molar-refractivity contribution in [2.24, 2.45) is 5.92 Å². The van der Waals surface area contributed by atoms with E-state index in [2.05, 4.69) is 0 Å². The van der Waals surface area contributed by atoms with Gasteiger partial charge in [0, 0.05) is 5.92 Å². The van der Waals surface area contributed by atoms with Gasteiger partial charge < -0.3 is 14.2 Å². The van der Waals surface area contributed by atoms with Crippen LogP contribution in [0.3, 0.4) is 0 Å². The molecule has 3 aliphatic rings. The molecule has 0 N–H and O–H groups in total. The van der Waals surface area contributed by atoms with Crippen LogP contribution in [0, 0.1) is 5.92 Å². The minimum absolute atomic E-state index is 0.0120. The van der Waals surface area contributed by atoms with Crippen LogP contribution in [0.15, 0.2) is 0 Å². The molecule has 0 aromatic carbocycles. The van der Waals surface area contributed by atoms with Gasteiger partial charge in [0.2, 0.25) is 0 Å². The Balaban J connectivity index is 2.19. The lowest BCUT2D eigenvalue weighted by Crippen LogP contribution is -2.67. The Morgan fingerprint density at radius 2 is 0.773 bits per heavy atom. The molecule has 1 unspecified atom stereocenters. The van der Waals surface area contributed by atoms with E-state index in [9.17, 15) is 39.5 Å². The van der Waals surface area contributed by atoms with Crippen LogP contribution in [0.4, 0.5) is 39.5 Å². The summed E-state index contributed by atoms with van der Waals surface area (Å²) in [6.07, 6.45) is -12.4. The van der Waals surface area contributed by atoms with Gasteiger partial charge in [-0.05, 0) is 44.9 Å². The Kier molecular flexibility index (Phi) is 12.8. The first-order valence-electron chi connectivity index (χ1n) is 16.8. The standard InChI is InChI=1S/C32H51F9O3/c1-3-4-5-6-7-11-18-25(2)29(42-26(30(33,34)35)19-12-8-13-20-26,43-27(31(36,37)38)21-14-9-15-22-27)44-28(32(39,40)41)23-16-10-17-24-28/h25H,3-24H2,1-2H3. The van der Waals surface area contributed by atoms with Crippen molar-refractivity contribution in [2.45, 2.75) is 196 Å². The van der Waals surface area contributed by atoms with Crippen LogP contribution in [0.25, 0.3) is 0 Å². The molecule has 0 heterocycles. The molecule has 0 saturated heterocycles. The minimum Gasteiger partial charge on any atom is -0.311 e. The first-order chi connectivity index (χ1) is 20.5. The summed E-state index contributed by atoms with van der Waals surface area (Å²) in [4.78, 5) is 0. The van der Waals surface area contributed by atoms with Crippen molar-refractivity contribution in [1.82, 2.24) is 0 Å². The maximum absolute atomic E-state index is 15.0. The van der Waals surface area contributed by atoms with Gasteiger partial charge in [0.1, 0.15) is 0 Å². The zero-order valence-electron chi connectivity index (χ0n) is 26.3. The van der Waals surface area contributed by atoms with Gasteiger partial charge in [-0.25, -0.2) is 0 Å². The number of alkyl halides is 9. The highest BCUT2D eigenvalue weighted by atomic mass is 19.4. The molecule has 0 amide bonds. The fraction of sp³-hybridized carbons (Fsp3) is 1.00. The Labute approximate surface area is 256 Å². The second kappa shape index (κ2) is 15.0. The van der Waals surface area contributed by atoms with Crippen molar-refractivity contribution in [2.75, 3.05) is 0 Å². The van der Waals surface area contributed by atoms with Crippen molar-refractivity contribution in [3.63, 3.8) is 0 Å². The predicted molar refractivity (Wildman–Crippen MR) is 149 cm³/mol. The first kappa shape index (κ1) is 37.7. The van der Waals surface area contributed by atoms with Gasteiger partial charge in [0.25, 0.3) is 5.97 Å². The molecular weight excluding hydrogens is 603 g/mol. The molecule has 1 atom stereocenters. The molecule has 0 aliphatic heterocycles. The average Bonchev–Trinajstić information content (AvgIpc) is 2.94. The first-order valence-corrected chi connectivity index (χ1v) is 16.8. The van der Waals surface area contributed by atoms with Gasteiger partial charge in [0.15, 0.2) is 16.8 Å². The monoisotopic (exact) mass is 654 g/mol. The van der Waals surface area contributed by atoms with E-state index in [-0.39, 0.29) is 44.9 Å². The zero-order chi connectivity index (χ0) is 32.8. The zero-order valence-corrected chi connectivity index (χ0v) is 26.3. The third kappa shape index (κ3) is 8.58. The summed E-state index contributed by atoms with van der Waals surface area (Å²) in [6, 6.07) is 0. The summed E-state index contributed by atoms with van der Waals surface area (Å²) >= 11 is 0. The highest BCUT2D eigenvalue weighted by molar-refractivity contribution is 5.00. The van der Waals surface area contributed by atoms with E-state index in [0.717, 1.165) is 25.7 Å². The maximum atomic E-state index is 15.0. The van der Waals surface area contributed by atoms with Gasteiger partial charge >= 0.3 is 18.5 Å². The average molecular weight is 655 g/mol. The Bertz CT molecular complexity index is 757. The molecule has 3 saturated carbocycles. The Hall–Kier alpha value is -0.750. The van der Waals surface area contributed by atoms with E-state index >= 15 is 0 Å². The van der Waals surface area contributed by atoms with Crippen LogP contribution in [0.1, 0.15) is 155 Å². The summed E-state index contributed by atoms with van der Waals surface area (Å²) in [5.74, 6) is -4.58. The molecule has 0 spiro atoms. The van der Waals surface area contributed by atoms with E-state index < -0.39 is 85.7 Å². The van der Waals surface area contributed by atoms with Gasteiger partial charge in [-0.15, -0.1) is 0 Å². The van der Waals surface area contributed by atoms with E-state index in [1.54, 1.807) is 0 Å². The molecule has 0 bridgehead atoms. The number of hydrogen-bond acceptors (Lipinski definition) is 3. The SMILES string of the molecule is CCCCCCCCC(C)C(OC1(C(F)(F)F)CCCCC1)(OC1(C(F)(F)F)CCCCC1)OC1(C(F)(F)F)CCCCC1. The van der Waals surface area contributed by atoms with Gasteiger partial charge in [-0.1, -0.05) is 110 Å². The third-order valence-electron chi connectivity index (χ3n) is 10.1. The molecule has 3 rings (SSSR count). The third-order valence-corrected chi connectivity index (χ3v) is 10.1. The molecule has 260 valence electrons. The molecule has 12 heteroatoms. The molecule has 3 nitrogen and oxygen atoms in total. The van der Waals surface area contributed by atoms with Crippen molar-refractivity contribution in [3.8, 4) is 0 Å². The maximum Gasteiger partial charge on any atom is 0.417 e. The smallest absolute Gasteiger partial charge is 0.311 e. The Morgan fingerprint density at radius 1 is 0.477 bits per heavy atom. The second-order valence-corrected chi connectivity index (χ2v) is 13.5. The number of rotatable bonds is 14. The molecule has 3 fully saturated rings. The molecular formula is C32H51F9O3. The van der Waals surface area contributed by atoms with Crippen LogP contribution in [-0.2, 0) is 14.2 Å². The van der Waals surface area contributed by atoms with E-state index in [0.29, 0.717) is 32.1 Å². The summed E-state index contributed by atoms with van der Waals surface area (Å²) < 4.78 is 152. The molecule has 0 aromatic heterocycles. The lowest BCUT2D eigenvalue weighted by Gasteiger charge is -2.55. The largest absolute Gasteiger partial charge is 0.417 e. The van der Waals surface area contributed by atoms with E-state index in [1.807, 2.05) is 6.92 Å². The van der Waals surface area contributed by atoms with E-state index in [1.165, 1.54) is 6.92 Å². The molecule has 0 aromatic rings. The van der Waals surface area contributed by atoms with Gasteiger partial charge in [-0.3, -0.25) is 0 Å². The number of ether oxygens (including phenoxy) is 3. The summed E-state index contributed by atoms with van der Waals surface area (Å²) in [5.41, 5.74) is -8.99. The molecule has 3 aliphatic carbocycles. The second-order valence-electron chi connectivity index (χ2n) is 13.5. The highest BCUT2D eigenvalue weighted by Crippen LogP contribution is 2.57. The summed E-state index contributed by atoms with van der Waals surface area (Å²) in [5, 5.41) is 0. The molecule has 44 heavy (non-hydrogen) atoms. The molecule has 0 radical (unpaired) electrons. The quantitative estimate of drug-likeness (QED) is 0.106. The fourth-order valence-corrected chi connectivity index (χ4v) is 7.29. The normalized spacial score (nSPS) is 23.8. The van der Waals surface area contributed by atoms with Crippen LogP contribution in [0.2, 0.25) is 0 Å². The highest BCUT2D eigenvalue weighted by Gasteiger charge is 2.69. The number of hydrogen-bond donors (Lipinski definition) is 0. The predicted octanol–water partition coefficient (Wildman–Crippen LogP) is 11.9. The Morgan fingerprint density at radius 3 is 1.07 bits per heavy atom. The number of unbranched alkanes of at least 4 members (excludes halogenated alkanes) is 5. The lowest BCUT2D eigenvalue weighted by molar-refractivity contribution is -0.532. The van der Waals surface area contributed by atoms with Gasteiger partial charge in [0.05, 0.1) is 0 Å². The van der Waals surface area contributed by atoms with Crippen molar-refractivity contribution in [1.29, 1.82) is 0 Å². The fourth-order valence-electron chi connectivity index (χ4n) is 7.29. The summed E-state index contributed by atoms with van der Waals surface area (Å²) in [6.45, 7) is 3.37. The van der Waals surface area contributed by atoms with Crippen molar-refractivity contribution in [3.05, 3.63) is 0 Å². The van der Waals surface area contributed by atoms with Crippen molar-refractivity contribution >= 4 is 0 Å². The van der Waals surface area contributed by atoms with Crippen LogP contribution in [-0.4, -0.2) is 41.3 Å². The van der Waals surface area contributed by atoms with Gasteiger partial charge in [-0.2, -0.15) is 39.5 Å². The van der Waals surface area contributed by atoms with Crippen LogP contribution >= 0.6 is 0 Å².